The van der Waals surface area contributed by atoms with Gasteiger partial charge in [0.1, 0.15) is 12.0 Å². The maximum atomic E-state index is 12.8. The molecule has 3 aromatic carbocycles. The molecule has 1 amide bonds. The van der Waals surface area contributed by atoms with E-state index in [1.54, 1.807) is 11.2 Å². The van der Waals surface area contributed by atoms with Gasteiger partial charge < -0.3 is 9.64 Å². The molecule has 1 aliphatic heterocycles. The molecule has 0 spiro atoms. The highest BCUT2D eigenvalue weighted by Gasteiger charge is 2.28. The Bertz CT molecular complexity index is 933. The minimum atomic E-state index is 0.0791. The molecule has 0 aliphatic carbocycles. The third-order valence-corrected chi connectivity index (χ3v) is 4.46. The van der Waals surface area contributed by atoms with E-state index in [0.29, 0.717) is 13.0 Å². The Balaban J connectivity index is 1.72. The van der Waals surface area contributed by atoms with Crippen LogP contribution < -0.4 is 4.74 Å². The van der Waals surface area contributed by atoms with Crippen molar-refractivity contribution in [2.75, 3.05) is 0 Å². The van der Waals surface area contributed by atoms with Crippen LogP contribution in [0.15, 0.2) is 91.2 Å². The fourth-order valence-corrected chi connectivity index (χ4v) is 3.15. The lowest BCUT2D eigenvalue weighted by Gasteiger charge is -2.31. The van der Waals surface area contributed by atoms with E-state index in [0.717, 1.165) is 28.1 Å². The minimum Gasteiger partial charge on any atom is -0.463 e. The molecular formula is C23H19NO2. The summed E-state index contributed by atoms with van der Waals surface area (Å²) >= 11 is 0. The average Bonchev–Trinajstić information content (AvgIpc) is 2.69. The molecule has 0 radical (unpaired) electrons. The maximum absolute atomic E-state index is 12.8. The van der Waals surface area contributed by atoms with Crippen LogP contribution in [0.1, 0.15) is 16.7 Å². The van der Waals surface area contributed by atoms with Gasteiger partial charge in [0.2, 0.25) is 5.91 Å². The molecule has 0 saturated carbocycles. The molecule has 0 atom stereocenters. The number of ether oxygens (including phenoxy) is 1. The Kier molecular flexibility index (Phi) is 4.52. The molecule has 3 heteroatoms. The SMILES string of the molecule is O=C1Cc2ccccc2/C(=C/Oc2ccccc2)N1Cc1ccccc1. The number of hydrogen-bond acceptors (Lipinski definition) is 2. The summed E-state index contributed by atoms with van der Waals surface area (Å²) in [6, 6.07) is 27.6. The van der Waals surface area contributed by atoms with Crippen molar-refractivity contribution in [1.82, 2.24) is 4.90 Å². The number of hydrogen-bond donors (Lipinski definition) is 0. The van der Waals surface area contributed by atoms with Crippen LogP contribution in [-0.2, 0) is 17.8 Å². The van der Waals surface area contributed by atoms with E-state index in [1.165, 1.54) is 0 Å². The summed E-state index contributed by atoms with van der Waals surface area (Å²) in [5.74, 6) is 0.825. The lowest BCUT2D eigenvalue weighted by molar-refractivity contribution is -0.128. The number of benzene rings is 3. The molecule has 0 aromatic heterocycles. The predicted octanol–water partition coefficient (Wildman–Crippen LogP) is 4.65. The molecule has 0 saturated heterocycles. The minimum absolute atomic E-state index is 0.0791. The molecule has 128 valence electrons. The van der Waals surface area contributed by atoms with E-state index in [-0.39, 0.29) is 5.91 Å². The maximum Gasteiger partial charge on any atom is 0.231 e. The van der Waals surface area contributed by atoms with Crippen LogP contribution in [0.25, 0.3) is 5.70 Å². The van der Waals surface area contributed by atoms with Gasteiger partial charge in [0.15, 0.2) is 0 Å². The fourth-order valence-electron chi connectivity index (χ4n) is 3.15. The number of nitrogens with zero attached hydrogens (tertiary/aromatic N) is 1. The third-order valence-electron chi connectivity index (χ3n) is 4.46. The molecule has 4 rings (SSSR count). The van der Waals surface area contributed by atoms with Gasteiger partial charge in [-0.05, 0) is 23.3 Å². The Labute approximate surface area is 153 Å². The van der Waals surface area contributed by atoms with Crippen molar-refractivity contribution in [3.8, 4) is 5.75 Å². The van der Waals surface area contributed by atoms with Gasteiger partial charge in [0.05, 0.1) is 18.7 Å². The second-order valence-corrected chi connectivity index (χ2v) is 6.23. The van der Waals surface area contributed by atoms with E-state index in [2.05, 4.69) is 0 Å². The van der Waals surface area contributed by atoms with Gasteiger partial charge in [-0.1, -0.05) is 72.8 Å². The highest BCUT2D eigenvalue weighted by molar-refractivity contribution is 5.93. The van der Waals surface area contributed by atoms with E-state index in [4.69, 9.17) is 4.74 Å². The first-order chi connectivity index (χ1) is 12.8. The number of para-hydroxylation sites is 1. The second kappa shape index (κ2) is 7.28. The van der Waals surface area contributed by atoms with Gasteiger partial charge >= 0.3 is 0 Å². The van der Waals surface area contributed by atoms with Crippen molar-refractivity contribution in [3.63, 3.8) is 0 Å². The Morgan fingerprint density at radius 1 is 0.846 bits per heavy atom. The molecule has 3 nitrogen and oxygen atoms in total. The zero-order valence-corrected chi connectivity index (χ0v) is 14.3. The van der Waals surface area contributed by atoms with Crippen LogP contribution in [0.3, 0.4) is 0 Å². The molecule has 0 unspecified atom stereocenters. The average molecular weight is 341 g/mol. The topological polar surface area (TPSA) is 29.5 Å². The molecule has 0 N–H and O–H groups in total. The quantitative estimate of drug-likeness (QED) is 0.647. The Hall–Kier alpha value is -3.33. The Morgan fingerprint density at radius 2 is 1.50 bits per heavy atom. The van der Waals surface area contributed by atoms with E-state index in [1.807, 2.05) is 84.9 Å². The zero-order chi connectivity index (χ0) is 17.8. The van der Waals surface area contributed by atoms with E-state index < -0.39 is 0 Å². The summed E-state index contributed by atoms with van der Waals surface area (Å²) in [5, 5.41) is 0. The van der Waals surface area contributed by atoms with Gasteiger partial charge in [-0.15, -0.1) is 0 Å². The van der Waals surface area contributed by atoms with Gasteiger partial charge in [-0.3, -0.25) is 4.79 Å². The third kappa shape index (κ3) is 3.38. The van der Waals surface area contributed by atoms with Crippen LogP contribution in [0.2, 0.25) is 0 Å². The number of fused-ring (bicyclic) bond motifs is 1. The van der Waals surface area contributed by atoms with Crippen molar-refractivity contribution in [2.45, 2.75) is 13.0 Å². The molecule has 0 fully saturated rings. The molecular weight excluding hydrogens is 322 g/mol. The fraction of sp³-hybridized carbons (Fsp3) is 0.0870. The number of rotatable bonds is 4. The van der Waals surface area contributed by atoms with Crippen molar-refractivity contribution in [2.24, 2.45) is 0 Å². The largest absolute Gasteiger partial charge is 0.463 e. The first-order valence-corrected chi connectivity index (χ1v) is 8.66. The molecule has 1 aliphatic rings. The second-order valence-electron chi connectivity index (χ2n) is 6.23. The molecule has 1 heterocycles. The molecule has 3 aromatic rings. The van der Waals surface area contributed by atoms with Gasteiger partial charge in [0, 0.05) is 5.56 Å². The first kappa shape index (κ1) is 16.2. The van der Waals surface area contributed by atoms with Crippen molar-refractivity contribution in [3.05, 3.63) is 108 Å². The standard InChI is InChI=1S/C23H19NO2/c25-23-15-19-11-7-8-14-21(19)22(17-26-20-12-5-2-6-13-20)24(23)16-18-9-3-1-4-10-18/h1-14,17H,15-16H2/b22-17-. The van der Waals surface area contributed by atoms with Gasteiger partial charge in [-0.2, -0.15) is 0 Å². The van der Waals surface area contributed by atoms with Crippen molar-refractivity contribution in [1.29, 1.82) is 0 Å². The Morgan fingerprint density at radius 3 is 2.27 bits per heavy atom. The van der Waals surface area contributed by atoms with Crippen molar-refractivity contribution < 1.29 is 9.53 Å². The van der Waals surface area contributed by atoms with Gasteiger partial charge in [0.25, 0.3) is 0 Å². The van der Waals surface area contributed by atoms with Crippen LogP contribution in [0, 0.1) is 0 Å². The number of carbonyl (C=O) groups excluding carboxylic acids is 1. The van der Waals surface area contributed by atoms with Crippen LogP contribution >= 0.6 is 0 Å². The highest BCUT2D eigenvalue weighted by Crippen LogP contribution is 2.31. The summed E-state index contributed by atoms with van der Waals surface area (Å²) < 4.78 is 5.86. The summed E-state index contributed by atoms with van der Waals surface area (Å²) in [4.78, 5) is 14.6. The smallest absolute Gasteiger partial charge is 0.231 e. The zero-order valence-electron chi connectivity index (χ0n) is 14.3. The lowest BCUT2D eigenvalue weighted by atomic mass is 9.96. The molecule has 0 bridgehead atoms. The van der Waals surface area contributed by atoms with Crippen LogP contribution in [0.4, 0.5) is 0 Å². The summed E-state index contributed by atoms with van der Waals surface area (Å²) in [6.07, 6.45) is 2.10. The summed E-state index contributed by atoms with van der Waals surface area (Å²) in [5.41, 5.74) is 3.96. The van der Waals surface area contributed by atoms with E-state index in [9.17, 15) is 4.79 Å². The highest BCUT2D eigenvalue weighted by atomic mass is 16.5. The predicted molar refractivity (Wildman–Crippen MR) is 102 cm³/mol. The van der Waals surface area contributed by atoms with Crippen molar-refractivity contribution >= 4 is 11.6 Å². The monoisotopic (exact) mass is 341 g/mol. The van der Waals surface area contributed by atoms with Gasteiger partial charge in [-0.25, -0.2) is 0 Å². The number of carbonyl (C=O) groups is 1. The van der Waals surface area contributed by atoms with Crippen LogP contribution in [0.5, 0.6) is 5.75 Å². The summed E-state index contributed by atoms with van der Waals surface area (Å²) in [7, 11) is 0. The van der Waals surface area contributed by atoms with Crippen LogP contribution in [-0.4, -0.2) is 10.8 Å². The van der Waals surface area contributed by atoms with E-state index >= 15 is 0 Å². The molecule has 26 heavy (non-hydrogen) atoms. The first-order valence-electron chi connectivity index (χ1n) is 8.66. The summed E-state index contributed by atoms with van der Waals surface area (Å²) in [6.45, 7) is 0.526. The normalized spacial score (nSPS) is 15.0. The lowest BCUT2D eigenvalue weighted by Crippen LogP contribution is -2.35. The number of amides is 1.